The van der Waals surface area contributed by atoms with Crippen LogP contribution < -0.4 is 9.62 Å². The molecule has 9 heteroatoms. The van der Waals surface area contributed by atoms with E-state index in [1.807, 2.05) is 31.2 Å². The number of halogens is 3. The summed E-state index contributed by atoms with van der Waals surface area (Å²) in [5.74, 6) is -0.433. The summed E-state index contributed by atoms with van der Waals surface area (Å²) in [6.45, 7) is 1.85. The van der Waals surface area contributed by atoms with Crippen LogP contribution in [0.15, 0.2) is 71.6 Å². The van der Waals surface area contributed by atoms with Crippen molar-refractivity contribution in [3.63, 3.8) is 0 Å². The highest BCUT2D eigenvalue weighted by Gasteiger charge is 2.27. The number of nitrogens with zero attached hydrogens (tertiary/aromatic N) is 1. The van der Waals surface area contributed by atoms with Crippen molar-refractivity contribution in [2.75, 3.05) is 17.4 Å². The number of aryl methyl sites for hydroxylation is 2. The molecule has 1 N–H and O–H groups in total. The van der Waals surface area contributed by atoms with Gasteiger partial charge in [0.25, 0.3) is 10.0 Å². The Bertz CT molecular complexity index is 1190. The van der Waals surface area contributed by atoms with Crippen molar-refractivity contribution < 1.29 is 13.2 Å². The van der Waals surface area contributed by atoms with Gasteiger partial charge >= 0.3 is 0 Å². The van der Waals surface area contributed by atoms with Gasteiger partial charge in [-0.05, 0) is 67.8 Å². The molecule has 0 heterocycles. The van der Waals surface area contributed by atoms with Crippen LogP contribution in [0.25, 0.3) is 0 Å². The molecule has 0 spiro atoms. The van der Waals surface area contributed by atoms with Gasteiger partial charge in [0, 0.05) is 21.6 Å². The molecule has 3 rings (SSSR count). The van der Waals surface area contributed by atoms with Crippen molar-refractivity contribution >= 4 is 56.4 Å². The average molecular weight is 526 g/mol. The van der Waals surface area contributed by atoms with Crippen LogP contribution in [0.2, 0.25) is 15.1 Å². The van der Waals surface area contributed by atoms with Gasteiger partial charge in [0.05, 0.1) is 10.6 Å². The molecule has 1 amide bonds. The second-order valence-electron chi connectivity index (χ2n) is 7.53. The number of hydrogen-bond acceptors (Lipinski definition) is 3. The lowest BCUT2D eigenvalue weighted by Gasteiger charge is -2.24. The number of benzene rings is 3. The van der Waals surface area contributed by atoms with E-state index in [9.17, 15) is 13.2 Å². The Morgan fingerprint density at radius 1 is 0.879 bits per heavy atom. The maximum Gasteiger partial charge on any atom is 0.264 e. The SMILES string of the molecule is Cc1ccc(S(=O)(=O)N(CC(=O)NCCCc2ccc(Cl)cc2)c2cc(Cl)cc(Cl)c2)cc1. The second-order valence-corrected chi connectivity index (χ2v) is 10.7. The lowest BCUT2D eigenvalue weighted by atomic mass is 10.1. The Balaban J connectivity index is 1.74. The molecule has 0 bridgehead atoms. The fourth-order valence-corrected chi connectivity index (χ4v) is 5.24. The maximum atomic E-state index is 13.4. The van der Waals surface area contributed by atoms with Crippen molar-refractivity contribution in [1.82, 2.24) is 5.32 Å². The molecule has 0 unspecified atom stereocenters. The van der Waals surface area contributed by atoms with Gasteiger partial charge < -0.3 is 5.32 Å². The summed E-state index contributed by atoms with van der Waals surface area (Å²) in [5, 5.41) is 4.00. The van der Waals surface area contributed by atoms with E-state index >= 15 is 0 Å². The number of hydrogen-bond donors (Lipinski definition) is 1. The van der Waals surface area contributed by atoms with E-state index in [0.29, 0.717) is 18.0 Å². The molecule has 0 saturated heterocycles. The van der Waals surface area contributed by atoms with E-state index in [1.54, 1.807) is 12.1 Å². The molecular weight excluding hydrogens is 503 g/mol. The molecule has 0 aliphatic heterocycles. The van der Waals surface area contributed by atoms with Gasteiger partial charge in [0.15, 0.2) is 0 Å². The zero-order valence-corrected chi connectivity index (χ0v) is 21.0. The van der Waals surface area contributed by atoms with Crippen LogP contribution in [0.3, 0.4) is 0 Å². The Morgan fingerprint density at radius 3 is 2.09 bits per heavy atom. The number of carbonyl (C=O) groups excluding carboxylic acids is 1. The highest BCUT2D eigenvalue weighted by molar-refractivity contribution is 7.92. The highest BCUT2D eigenvalue weighted by atomic mass is 35.5. The molecule has 0 radical (unpaired) electrons. The van der Waals surface area contributed by atoms with Crippen LogP contribution in [0.4, 0.5) is 5.69 Å². The average Bonchev–Trinajstić information content (AvgIpc) is 2.76. The lowest BCUT2D eigenvalue weighted by molar-refractivity contribution is -0.119. The monoisotopic (exact) mass is 524 g/mol. The molecule has 0 fully saturated rings. The van der Waals surface area contributed by atoms with Crippen LogP contribution >= 0.6 is 34.8 Å². The number of amides is 1. The predicted molar refractivity (Wildman–Crippen MR) is 135 cm³/mol. The summed E-state index contributed by atoms with van der Waals surface area (Å²) in [6.07, 6.45) is 1.45. The minimum Gasteiger partial charge on any atom is -0.355 e. The van der Waals surface area contributed by atoms with E-state index in [-0.39, 0.29) is 20.6 Å². The topological polar surface area (TPSA) is 66.5 Å². The first-order valence-electron chi connectivity index (χ1n) is 10.2. The Morgan fingerprint density at radius 2 is 1.48 bits per heavy atom. The molecule has 0 atom stereocenters. The van der Waals surface area contributed by atoms with Crippen molar-refractivity contribution in [3.8, 4) is 0 Å². The normalized spacial score (nSPS) is 11.3. The summed E-state index contributed by atoms with van der Waals surface area (Å²) in [7, 11) is -4.03. The van der Waals surface area contributed by atoms with E-state index in [4.69, 9.17) is 34.8 Å². The number of nitrogens with one attached hydrogen (secondary N) is 1. The maximum absolute atomic E-state index is 13.4. The number of sulfonamides is 1. The summed E-state index contributed by atoms with van der Waals surface area (Å²) < 4.78 is 27.8. The molecular formula is C24H23Cl3N2O3S. The molecule has 0 aliphatic carbocycles. The van der Waals surface area contributed by atoms with E-state index in [1.165, 1.54) is 30.3 Å². The Labute approximate surface area is 209 Å². The van der Waals surface area contributed by atoms with E-state index in [2.05, 4.69) is 5.32 Å². The van der Waals surface area contributed by atoms with Gasteiger partial charge in [0.1, 0.15) is 6.54 Å². The van der Waals surface area contributed by atoms with Crippen molar-refractivity contribution in [1.29, 1.82) is 0 Å². The third-order valence-corrected chi connectivity index (χ3v) is 7.39. The zero-order valence-electron chi connectivity index (χ0n) is 17.9. The standard InChI is InChI=1S/C24H23Cl3N2O3S/c1-17-4-10-23(11-5-17)33(31,32)29(22-14-20(26)13-21(27)15-22)16-24(30)28-12-2-3-18-6-8-19(25)9-7-18/h4-11,13-15H,2-3,12,16H2,1H3,(H,28,30). The second kappa shape index (κ2) is 11.3. The Kier molecular flexibility index (Phi) is 8.65. The zero-order chi connectivity index (χ0) is 24.0. The Hall–Kier alpha value is -2.25. The predicted octanol–water partition coefficient (Wildman–Crippen LogP) is 5.90. The molecule has 0 aliphatic rings. The lowest BCUT2D eigenvalue weighted by Crippen LogP contribution is -2.41. The fraction of sp³-hybridized carbons (Fsp3) is 0.208. The van der Waals surface area contributed by atoms with Gasteiger partial charge in [-0.2, -0.15) is 0 Å². The quantitative estimate of drug-likeness (QED) is 0.354. The van der Waals surface area contributed by atoms with Gasteiger partial charge in [-0.25, -0.2) is 8.42 Å². The summed E-state index contributed by atoms with van der Waals surface area (Å²) in [5.41, 5.74) is 2.24. The van der Waals surface area contributed by atoms with Crippen LogP contribution in [0, 0.1) is 6.92 Å². The molecule has 3 aromatic rings. The number of rotatable bonds is 9. The molecule has 0 aromatic heterocycles. The van der Waals surface area contributed by atoms with Crippen LogP contribution in [-0.2, 0) is 21.2 Å². The largest absolute Gasteiger partial charge is 0.355 e. The summed E-state index contributed by atoms with van der Waals surface area (Å²) >= 11 is 18.1. The third-order valence-electron chi connectivity index (χ3n) is 4.91. The van der Waals surface area contributed by atoms with Gasteiger partial charge in [0.2, 0.25) is 5.91 Å². The molecule has 3 aromatic carbocycles. The number of anilines is 1. The van der Waals surface area contributed by atoms with Gasteiger partial charge in [-0.3, -0.25) is 9.10 Å². The van der Waals surface area contributed by atoms with Crippen LogP contribution in [0.5, 0.6) is 0 Å². The minimum atomic E-state index is -4.03. The van der Waals surface area contributed by atoms with Crippen molar-refractivity contribution in [2.45, 2.75) is 24.7 Å². The summed E-state index contributed by atoms with van der Waals surface area (Å²) in [6, 6.07) is 18.4. The van der Waals surface area contributed by atoms with Crippen molar-refractivity contribution in [3.05, 3.63) is 92.9 Å². The first-order chi connectivity index (χ1) is 15.6. The molecule has 174 valence electrons. The van der Waals surface area contributed by atoms with Crippen LogP contribution in [-0.4, -0.2) is 27.4 Å². The first kappa shape index (κ1) is 25.4. The van der Waals surface area contributed by atoms with E-state index < -0.39 is 22.5 Å². The number of carbonyl (C=O) groups is 1. The minimum absolute atomic E-state index is 0.0692. The highest BCUT2D eigenvalue weighted by Crippen LogP contribution is 2.29. The molecule has 0 saturated carbocycles. The van der Waals surface area contributed by atoms with Gasteiger partial charge in [-0.15, -0.1) is 0 Å². The smallest absolute Gasteiger partial charge is 0.264 e. The van der Waals surface area contributed by atoms with Crippen molar-refractivity contribution in [2.24, 2.45) is 0 Å². The molecule has 5 nitrogen and oxygen atoms in total. The third kappa shape index (κ3) is 7.11. The fourth-order valence-electron chi connectivity index (χ4n) is 3.19. The first-order valence-corrected chi connectivity index (χ1v) is 12.8. The van der Waals surface area contributed by atoms with Crippen LogP contribution in [0.1, 0.15) is 17.5 Å². The van der Waals surface area contributed by atoms with E-state index in [0.717, 1.165) is 21.9 Å². The van der Waals surface area contributed by atoms with Gasteiger partial charge in [-0.1, -0.05) is 64.6 Å². The molecule has 33 heavy (non-hydrogen) atoms. The summed E-state index contributed by atoms with van der Waals surface area (Å²) in [4.78, 5) is 12.8.